The molecule has 0 aliphatic heterocycles. The zero-order chi connectivity index (χ0) is 19.9. The van der Waals surface area contributed by atoms with E-state index in [9.17, 15) is 0 Å². The highest BCUT2D eigenvalue weighted by Crippen LogP contribution is 2.21. The lowest BCUT2D eigenvalue weighted by Crippen LogP contribution is -2.35. The minimum Gasteiger partial charge on any atom is -0.302 e. The maximum atomic E-state index is 4.37. The van der Waals surface area contributed by atoms with Crippen LogP contribution in [0.1, 0.15) is 91.0 Å². The van der Waals surface area contributed by atoms with E-state index in [4.69, 9.17) is 0 Å². The topological polar surface area (TPSA) is 3.24 Å². The fourth-order valence-corrected chi connectivity index (χ4v) is 3.93. The molecule has 0 aliphatic carbocycles. The number of unbranched alkanes of at least 4 members (excludes halogenated alkanes) is 2. The normalized spacial score (nSPS) is 13.7. The third-order valence-corrected chi connectivity index (χ3v) is 6.03. The summed E-state index contributed by atoms with van der Waals surface area (Å²) in [5.41, 5.74) is 2.58. The summed E-state index contributed by atoms with van der Waals surface area (Å²) < 4.78 is 0. The molecule has 1 nitrogen and oxygen atoms in total. The summed E-state index contributed by atoms with van der Waals surface area (Å²) in [4.78, 5) is 2.77. The van der Waals surface area contributed by atoms with E-state index in [0.717, 1.165) is 24.8 Å². The Labute approximate surface area is 170 Å². The lowest BCUT2D eigenvalue weighted by Gasteiger charge is -2.31. The van der Waals surface area contributed by atoms with Crippen molar-refractivity contribution in [1.82, 2.24) is 4.90 Å². The molecule has 0 fully saturated rings. The van der Waals surface area contributed by atoms with E-state index in [0.29, 0.717) is 0 Å². The monoisotopic (exact) mass is 371 g/mol. The average molecular weight is 372 g/mol. The third-order valence-electron chi connectivity index (χ3n) is 6.03. The standard InChI is InChI=1S/C26H45N/c1-6-10-15-24(8-3)21-27(22-25(9-4)16-11-7-2)20-19-23(5)26-17-13-12-14-18-26/h12-14,17-18,24-25H,5-11,15-16,19-22H2,1-4H3. The summed E-state index contributed by atoms with van der Waals surface area (Å²) in [7, 11) is 0. The molecule has 0 spiro atoms. The van der Waals surface area contributed by atoms with Gasteiger partial charge in [0, 0.05) is 19.6 Å². The minimum absolute atomic E-state index is 0.846. The van der Waals surface area contributed by atoms with Gasteiger partial charge in [-0.25, -0.2) is 0 Å². The van der Waals surface area contributed by atoms with Crippen molar-refractivity contribution in [3.05, 3.63) is 42.5 Å². The average Bonchev–Trinajstić information content (AvgIpc) is 2.72. The molecule has 0 aliphatic rings. The summed E-state index contributed by atoms with van der Waals surface area (Å²) >= 11 is 0. The highest BCUT2D eigenvalue weighted by atomic mass is 15.1. The molecule has 0 N–H and O–H groups in total. The lowest BCUT2D eigenvalue weighted by atomic mass is 9.95. The molecule has 2 atom stereocenters. The van der Waals surface area contributed by atoms with Crippen LogP contribution in [0.3, 0.4) is 0 Å². The molecule has 154 valence electrons. The van der Waals surface area contributed by atoms with Gasteiger partial charge >= 0.3 is 0 Å². The zero-order valence-corrected chi connectivity index (χ0v) is 18.7. The van der Waals surface area contributed by atoms with Gasteiger partial charge in [0.2, 0.25) is 0 Å². The quantitative estimate of drug-likeness (QED) is 0.286. The Morgan fingerprint density at radius 2 is 1.37 bits per heavy atom. The largest absolute Gasteiger partial charge is 0.302 e. The summed E-state index contributed by atoms with van der Waals surface area (Å²) in [5, 5.41) is 0. The molecule has 0 bridgehead atoms. The van der Waals surface area contributed by atoms with Crippen LogP contribution in [0, 0.1) is 11.8 Å². The SMILES string of the molecule is C=C(CCN(CC(CC)CCCC)CC(CC)CCCC)c1ccccc1. The maximum Gasteiger partial charge on any atom is 0.00221 e. The summed E-state index contributed by atoms with van der Waals surface area (Å²) in [6, 6.07) is 10.7. The molecule has 1 rings (SSSR count). The number of rotatable bonds is 16. The molecular weight excluding hydrogens is 326 g/mol. The lowest BCUT2D eigenvalue weighted by molar-refractivity contribution is 0.184. The Morgan fingerprint density at radius 3 is 1.81 bits per heavy atom. The van der Waals surface area contributed by atoms with Crippen molar-refractivity contribution in [2.24, 2.45) is 11.8 Å². The van der Waals surface area contributed by atoms with Gasteiger partial charge in [0.25, 0.3) is 0 Å². The smallest absolute Gasteiger partial charge is 0.00221 e. The molecule has 1 aromatic carbocycles. The van der Waals surface area contributed by atoms with Crippen molar-refractivity contribution in [2.75, 3.05) is 19.6 Å². The zero-order valence-electron chi connectivity index (χ0n) is 18.7. The highest BCUT2D eigenvalue weighted by molar-refractivity contribution is 5.63. The third kappa shape index (κ3) is 10.1. The fraction of sp³-hybridized carbons (Fsp3) is 0.692. The molecular formula is C26H45N. The molecule has 1 aromatic rings. The van der Waals surface area contributed by atoms with E-state index in [2.05, 4.69) is 69.5 Å². The Bertz CT molecular complexity index is 460. The first-order valence-electron chi connectivity index (χ1n) is 11.6. The van der Waals surface area contributed by atoms with Gasteiger partial charge in [-0.15, -0.1) is 0 Å². The summed E-state index contributed by atoms with van der Waals surface area (Å²) in [6.07, 6.45) is 11.8. The first-order chi connectivity index (χ1) is 13.1. The molecule has 0 amide bonds. The van der Waals surface area contributed by atoms with Crippen molar-refractivity contribution < 1.29 is 0 Å². The van der Waals surface area contributed by atoms with E-state index in [1.54, 1.807) is 0 Å². The molecule has 27 heavy (non-hydrogen) atoms. The molecule has 0 heterocycles. The number of hydrogen-bond acceptors (Lipinski definition) is 1. The van der Waals surface area contributed by atoms with E-state index in [1.807, 2.05) is 0 Å². The first kappa shape index (κ1) is 24.0. The van der Waals surface area contributed by atoms with Crippen LogP contribution in [0.4, 0.5) is 0 Å². The predicted molar refractivity (Wildman–Crippen MR) is 123 cm³/mol. The van der Waals surface area contributed by atoms with Crippen LogP contribution >= 0.6 is 0 Å². The molecule has 2 unspecified atom stereocenters. The van der Waals surface area contributed by atoms with E-state index < -0.39 is 0 Å². The van der Waals surface area contributed by atoms with Gasteiger partial charge in [-0.1, -0.05) is 103 Å². The van der Waals surface area contributed by atoms with Crippen molar-refractivity contribution in [3.8, 4) is 0 Å². The second-order valence-electron chi connectivity index (χ2n) is 8.31. The van der Waals surface area contributed by atoms with Crippen LogP contribution in [0.5, 0.6) is 0 Å². The molecule has 0 aromatic heterocycles. The van der Waals surface area contributed by atoms with Crippen LogP contribution < -0.4 is 0 Å². The fourth-order valence-electron chi connectivity index (χ4n) is 3.93. The second kappa shape index (κ2) is 14.9. The second-order valence-corrected chi connectivity index (χ2v) is 8.31. The maximum absolute atomic E-state index is 4.37. The number of nitrogens with zero attached hydrogens (tertiary/aromatic N) is 1. The Morgan fingerprint density at radius 1 is 0.852 bits per heavy atom. The van der Waals surface area contributed by atoms with Crippen LogP contribution in [-0.2, 0) is 0 Å². The van der Waals surface area contributed by atoms with Crippen molar-refractivity contribution >= 4 is 5.57 Å². The van der Waals surface area contributed by atoms with Crippen molar-refractivity contribution in [2.45, 2.75) is 85.5 Å². The van der Waals surface area contributed by atoms with Crippen LogP contribution in [0.2, 0.25) is 0 Å². The molecule has 0 saturated heterocycles. The van der Waals surface area contributed by atoms with Crippen molar-refractivity contribution in [1.29, 1.82) is 0 Å². The van der Waals surface area contributed by atoms with Gasteiger partial charge in [-0.3, -0.25) is 0 Å². The first-order valence-corrected chi connectivity index (χ1v) is 11.6. The summed E-state index contributed by atoms with van der Waals surface area (Å²) in [5.74, 6) is 1.69. The Balaban J connectivity index is 2.68. The molecule has 0 saturated carbocycles. The van der Waals surface area contributed by atoms with Crippen LogP contribution in [0.25, 0.3) is 5.57 Å². The van der Waals surface area contributed by atoms with E-state index in [1.165, 1.54) is 75.6 Å². The van der Waals surface area contributed by atoms with Gasteiger partial charge in [-0.2, -0.15) is 0 Å². The Kier molecular flexibility index (Phi) is 13.2. The van der Waals surface area contributed by atoms with Gasteiger partial charge in [0.15, 0.2) is 0 Å². The summed E-state index contributed by atoms with van der Waals surface area (Å²) in [6.45, 7) is 17.4. The molecule has 1 heteroatoms. The van der Waals surface area contributed by atoms with Gasteiger partial charge in [-0.05, 0) is 42.2 Å². The number of hydrogen-bond donors (Lipinski definition) is 0. The van der Waals surface area contributed by atoms with Crippen molar-refractivity contribution in [3.63, 3.8) is 0 Å². The minimum atomic E-state index is 0.846. The van der Waals surface area contributed by atoms with E-state index >= 15 is 0 Å². The van der Waals surface area contributed by atoms with Crippen LogP contribution in [-0.4, -0.2) is 24.5 Å². The van der Waals surface area contributed by atoms with Crippen LogP contribution in [0.15, 0.2) is 36.9 Å². The van der Waals surface area contributed by atoms with Gasteiger partial charge < -0.3 is 4.90 Å². The number of benzene rings is 1. The highest BCUT2D eigenvalue weighted by Gasteiger charge is 2.17. The van der Waals surface area contributed by atoms with Gasteiger partial charge in [0.1, 0.15) is 0 Å². The molecule has 0 radical (unpaired) electrons. The van der Waals surface area contributed by atoms with Gasteiger partial charge in [0.05, 0.1) is 0 Å². The predicted octanol–water partition coefficient (Wildman–Crippen LogP) is 7.82. The Hall–Kier alpha value is -1.08. The van der Waals surface area contributed by atoms with E-state index in [-0.39, 0.29) is 0 Å².